The standard InChI is InChI=1S/C18H25N3OS/c23-18(20-16-12-13-5-6-14(16)11-13)19-15-3-1-2-4-17(15)21-7-9-22-10-8-21/h1-4,13-14,16H,5-12H2,(H2,19,20,23)/t13-,14-,16-/m0/s1. The van der Waals surface area contributed by atoms with Crippen molar-refractivity contribution in [1.29, 1.82) is 0 Å². The van der Waals surface area contributed by atoms with Crippen molar-refractivity contribution in [3.63, 3.8) is 0 Å². The van der Waals surface area contributed by atoms with Gasteiger partial charge in [0.05, 0.1) is 24.6 Å². The van der Waals surface area contributed by atoms with Gasteiger partial charge >= 0.3 is 0 Å². The van der Waals surface area contributed by atoms with Gasteiger partial charge in [-0.25, -0.2) is 0 Å². The van der Waals surface area contributed by atoms with Gasteiger partial charge in [-0.15, -0.1) is 0 Å². The summed E-state index contributed by atoms with van der Waals surface area (Å²) in [5, 5.41) is 7.76. The zero-order valence-corrected chi connectivity index (χ0v) is 14.3. The minimum Gasteiger partial charge on any atom is -0.378 e. The first-order valence-corrected chi connectivity index (χ1v) is 9.19. The van der Waals surface area contributed by atoms with E-state index in [1.165, 1.54) is 31.4 Å². The summed E-state index contributed by atoms with van der Waals surface area (Å²) >= 11 is 5.58. The molecule has 1 aromatic carbocycles. The highest BCUT2D eigenvalue weighted by Gasteiger charge is 2.39. The van der Waals surface area contributed by atoms with Crippen molar-refractivity contribution in [2.24, 2.45) is 11.8 Å². The van der Waals surface area contributed by atoms with E-state index < -0.39 is 0 Å². The number of hydrogen-bond donors (Lipinski definition) is 2. The molecule has 2 N–H and O–H groups in total. The molecule has 3 fully saturated rings. The maximum Gasteiger partial charge on any atom is 0.171 e. The lowest BCUT2D eigenvalue weighted by Gasteiger charge is -2.31. The van der Waals surface area contributed by atoms with Gasteiger partial charge < -0.3 is 20.3 Å². The topological polar surface area (TPSA) is 36.5 Å². The molecule has 0 aromatic heterocycles. The molecule has 2 bridgehead atoms. The van der Waals surface area contributed by atoms with Crippen LogP contribution in [0.3, 0.4) is 0 Å². The molecule has 0 unspecified atom stereocenters. The Bertz CT molecular complexity index is 573. The molecule has 4 rings (SSSR count). The fourth-order valence-corrected chi connectivity index (χ4v) is 4.67. The summed E-state index contributed by atoms with van der Waals surface area (Å²) in [5.41, 5.74) is 2.31. The van der Waals surface area contributed by atoms with Gasteiger partial charge in [0.25, 0.3) is 0 Å². The van der Waals surface area contributed by atoms with Crippen LogP contribution in [0.1, 0.15) is 25.7 Å². The second-order valence-electron chi connectivity index (χ2n) is 7.00. The second-order valence-corrected chi connectivity index (χ2v) is 7.40. The molecular formula is C18H25N3OS. The number of nitrogens with one attached hydrogen (secondary N) is 2. The Morgan fingerprint density at radius 3 is 2.70 bits per heavy atom. The number of para-hydroxylation sites is 2. The Morgan fingerprint density at radius 1 is 1.13 bits per heavy atom. The number of morpholine rings is 1. The van der Waals surface area contributed by atoms with E-state index in [1.54, 1.807) is 0 Å². The molecule has 2 aliphatic carbocycles. The van der Waals surface area contributed by atoms with E-state index in [9.17, 15) is 0 Å². The molecule has 3 atom stereocenters. The first-order chi connectivity index (χ1) is 11.3. The van der Waals surface area contributed by atoms with Crippen LogP contribution >= 0.6 is 12.2 Å². The first kappa shape index (κ1) is 15.2. The second kappa shape index (κ2) is 6.65. The third kappa shape index (κ3) is 3.31. The van der Waals surface area contributed by atoms with Gasteiger partial charge in [0.15, 0.2) is 5.11 Å². The molecule has 0 amide bonds. The van der Waals surface area contributed by atoms with E-state index in [0.29, 0.717) is 6.04 Å². The number of ether oxygens (including phenoxy) is 1. The summed E-state index contributed by atoms with van der Waals surface area (Å²) in [6.07, 6.45) is 5.47. The van der Waals surface area contributed by atoms with Crippen LogP contribution in [0, 0.1) is 11.8 Å². The lowest BCUT2D eigenvalue weighted by atomic mass is 9.95. The van der Waals surface area contributed by atoms with Gasteiger partial charge in [0, 0.05) is 19.1 Å². The molecule has 3 aliphatic rings. The summed E-state index contributed by atoms with van der Waals surface area (Å²) < 4.78 is 5.46. The van der Waals surface area contributed by atoms with E-state index in [1.807, 2.05) is 0 Å². The molecule has 0 spiro atoms. The minimum atomic E-state index is 0.573. The molecule has 1 saturated heterocycles. The monoisotopic (exact) mass is 331 g/mol. The number of benzene rings is 1. The SMILES string of the molecule is S=C(Nc1ccccc1N1CCOCC1)N[C@H]1C[C@H]2CC[C@H]1C2. The van der Waals surface area contributed by atoms with Crippen LogP contribution in [0.15, 0.2) is 24.3 Å². The molecular weight excluding hydrogens is 306 g/mol. The van der Waals surface area contributed by atoms with Gasteiger partial charge in [-0.05, 0) is 55.4 Å². The van der Waals surface area contributed by atoms with E-state index >= 15 is 0 Å². The van der Waals surface area contributed by atoms with Crippen LogP contribution in [0.4, 0.5) is 11.4 Å². The van der Waals surface area contributed by atoms with Crippen molar-refractivity contribution in [3.8, 4) is 0 Å². The maximum absolute atomic E-state index is 5.58. The molecule has 5 heteroatoms. The highest BCUT2D eigenvalue weighted by atomic mass is 32.1. The number of hydrogen-bond acceptors (Lipinski definition) is 3. The van der Waals surface area contributed by atoms with Crippen molar-refractivity contribution < 1.29 is 4.74 Å². The molecule has 124 valence electrons. The Balaban J connectivity index is 1.41. The number of nitrogens with zero attached hydrogens (tertiary/aromatic N) is 1. The molecule has 0 radical (unpaired) electrons. The lowest BCUT2D eigenvalue weighted by Crippen LogP contribution is -2.41. The molecule has 1 heterocycles. The normalized spacial score (nSPS) is 29.6. The molecule has 1 aliphatic heterocycles. The Labute approximate surface area is 143 Å². The van der Waals surface area contributed by atoms with Gasteiger partial charge in [0.2, 0.25) is 0 Å². The predicted octanol–water partition coefficient (Wildman–Crippen LogP) is 3.00. The van der Waals surface area contributed by atoms with Crippen LogP contribution in [-0.4, -0.2) is 37.5 Å². The average Bonchev–Trinajstić information content (AvgIpc) is 3.19. The van der Waals surface area contributed by atoms with Gasteiger partial charge in [-0.1, -0.05) is 18.6 Å². The van der Waals surface area contributed by atoms with Crippen LogP contribution in [-0.2, 0) is 4.74 Å². The van der Waals surface area contributed by atoms with Gasteiger partial charge in [0.1, 0.15) is 0 Å². The van der Waals surface area contributed by atoms with Crippen LogP contribution < -0.4 is 15.5 Å². The molecule has 1 aromatic rings. The number of thiocarbonyl (C=S) groups is 1. The highest BCUT2D eigenvalue weighted by Crippen LogP contribution is 2.44. The van der Waals surface area contributed by atoms with Crippen molar-refractivity contribution in [2.75, 3.05) is 36.5 Å². The fourth-order valence-electron chi connectivity index (χ4n) is 4.41. The summed E-state index contributed by atoms with van der Waals surface area (Å²) in [7, 11) is 0. The zero-order chi connectivity index (χ0) is 15.6. The number of anilines is 2. The fraction of sp³-hybridized carbons (Fsp3) is 0.611. The largest absolute Gasteiger partial charge is 0.378 e. The average molecular weight is 331 g/mol. The summed E-state index contributed by atoms with van der Waals surface area (Å²) in [5.74, 6) is 1.76. The van der Waals surface area contributed by atoms with E-state index in [2.05, 4.69) is 39.8 Å². The van der Waals surface area contributed by atoms with Crippen molar-refractivity contribution in [1.82, 2.24) is 5.32 Å². The minimum absolute atomic E-state index is 0.573. The quantitative estimate of drug-likeness (QED) is 0.833. The first-order valence-electron chi connectivity index (χ1n) is 8.79. The third-order valence-corrected chi connectivity index (χ3v) is 5.78. The molecule has 4 nitrogen and oxygen atoms in total. The highest BCUT2D eigenvalue weighted by molar-refractivity contribution is 7.80. The van der Waals surface area contributed by atoms with E-state index in [-0.39, 0.29) is 0 Å². The van der Waals surface area contributed by atoms with Crippen molar-refractivity contribution >= 4 is 28.7 Å². The van der Waals surface area contributed by atoms with Gasteiger partial charge in [-0.2, -0.15) is 0 Å². The zero-order valence-electron chi connectivity index (χ0n) is 13.5. The van der Waals surface area contributed by atoms with Crippen molar-refractivity contribution in [3.05, 3.63) is 24.3 Å². The summed E-state index contributed by atoms with van der Waals surface area (Å²) in [4.78, 5) is 2.37. The van der Waals surface area contributed by atoms with E-state index in [4.69, 9.17) is 17.0 Å². The van der Waals surface area contributed by atoms with Gasteiger partial charge in [-0.3, -0.25) is 0 Å². The number of fused-ring (bicyclic) bond motifs is 2. The Morgan fingerprint density at radius 2 is 1.96 bits per heavy atom. The summed E-state index contributed by atoms with van der Waals surface area (Å²) in [6, 6.07) is 8.99. The molecule has 23 heavy (non-hydrogen) atoms. The van der Waals surface area contributed by atoms with Crippen molar-refractivity contribution in [2.45, 2.75) is 31.7 Å². The third-order valence-electron chi connectivity index (χ3n) is 5.56. The summed E-state index contributed by atoms with van der Waals surface area (Å²) in [6.45, 7) is 3.46. The lowest BCUT2D eigenvalue weighted by molar-refractivity contribution is 0.123. The maximum atomic E-state index is 5.58. The smallest absolute Gasteiger partial charge is 0.171 e. The predicted molar refractivity (Wildman–Crippen MR) is 98.1 cm³/mol. The molecule has 2 saturated carbocycles. The number of rotatable bonds is 3. The van der Waals surface area contributed by atoms with E-state index in [0.717, 1.165) is 48.9 Å². The van der Waals surface area contributed by atoms with Crippen LogP contribution in [0.25, 0.3) is 0 Å². The Hall–Kier alpha value is -1.33. The Kier molecular flexibility index (Phi) is 4.40. The van der Waals surface area contributed by atoms with Crippen LogP contribution in [0.5, 0.6) is 0 Å². The van der Waals surface area contributed by atoms with Crippen LogP contribution in [0.2, 0.25) is 0 Å².